The Morgan fingerprint density at radius 2 is 2.15 bits per heavy atom. The van der Waals surface area contributed by atoms with Crippen LogP contribution >= 0.6 is 0 Å². The van der Waals surface area contributed by atoms with E-state index in [1.807, 2.05) is 37.3 Å². The van der Waals surface area contributed by atoms with Gasteiger partial charge in [-0.2, -0.15) is 0 Å². The van der Waals surface area contributed by atoms with E-state index < -0.39 is 0 Å². The molecule has 3 heterocycles. The van der Waals surface area contributed by atoms with Crippen molar-refractivity contribution in [2.75, 3.05) is 13.2 Å². The average molecular weight is 451 g/mol. The zero-order valence-electron chi connectivity index (χ0n) is 19.1. The fourth-order valence-corrected chi connectivity index (χ4v) is 4.19. The molecule has 0 spiro atoms. The van der Waals surface area contributed by atoms with Gasteiger partial charge < -0.3 is 14.5 Å². The largest absolute Gasteiger partial charge is 0.467 e. The summed E-state index contributed by atoms with van der Waals surface area (Å²) in [5, 5.41) is 23.0. The van der Waals surface area contributed by atoms with Crippen LogP contribution in [-0.4, -0.2) is 48.3 Å². The van der Waals surface area contributed by atoms with Crippen molar-refractivity contribution < 1.29 is 9.52 Å². The number of aliphatic hydroxyl groups is 1. The lowest BCUT2D eigenvalue weighted by molar-refractivity contribution is 0.147. The van der Waals surface area contributed by atoms with Gasteiger partial charge in [-0.1, -0.05) is 25.0 Å². The Hall–Kier alpha value is -3.30. The van der Waals surface area contributed by atoms with Gasteiger partial charge in [-0.25, -0.2) is 4.68 Å². The number of aryl methyl sites for hydroxylation is 1. The van der Waals surface area contributed by atoms with E-state index in [1.165, 1.54) is 0 Å². The number of nitrogens with zero attached hydrogens (tertiary/aromatic N) is 5. The van der Waals surface area contributed by atoms with E-state index in [9.17, 15) is 9.90 Å². The Bertz CT molecular complexity index is 1230. The molecular formula is C24H30N6O3. The number of hydrogen-bond acceptors (Lipinski definition) is 7. The molecule has 0 radical (unpaired) electrons. The van der Waals surface area contributed by atoms with Crippen LogP contribution in [0.15, 0.2) is 51.9 Å². The molecule has 0 aliphatic carbocycles. The predicted molar refractivity (Wildman–Crippen MR) is 125 cm³/mol. The molecule has 4 rings (SSSR count). The number of furan rings is 1. The first-order valence-corrected chi connectivity index (χ1v) is 11.3. The summed E-state index contributed by atoms with van der Waals surface area (Å²) in [6.45, 7) is 5.69. The second kappa shape index (κ2) is 10.5. The van der Waals surface area contributed by atoms with Crippen LogP contribution in [0.5, 0.6) is 0 Å². The van der Waals surface area contributed by atoms with Crippen LogP contribution in [0.4, 0.5) is 0 Å². The van der Waals surface area contributed by atoms with Crippen molar-refractivity contribution in [3.63, 3.8) is 0 Å². The molecule has 3 aromatic heterocycles. The van der Waals surface area contributed by atoms with E-state index in [2.05, 4.69) is 38.4 Å². The molecule has 9 nitrogen and oxygen atoms in total. The fourth-order valence-electron chi connectivity index (χ4n) is 4.19. The predicted octanol–water partition coefficient (Wildman–Crippen LogP) is 3.19. The third-order valence-electron chi connectivity index (χ3n) is 5.80. The number of H-pyrrole nitrogens is 1. The number of pyridine rings is 1. The SMILES string of the molecule is CCC[C@H](c1nnnn1Cc1ccco1)N(CCCO)Cc1cc2cc(C)ccc2[nH]c1=O. The third-order valence-corrected chi connectivity index (χ3v) is 5.80. The second-order valence-electron chi connectivity index (χ2n) is 8.34. The second-order valence-corrected chi connectivity index (χ2v) is 8.34. The number of aromatic amines is 1. The Labute approximate surface area is 192 Å². The number of tetrazole rings is 1. The molecule has 0 saturated carbocycles. The molecule has 4 aromatic rings. The first kappa shape index (κ1) is 22.9. The van der Waals surface area contributed by atoms with E-state index in [0.29, 0.717) is 31.6 Å². The summed E-state index contributed by atoms with van der Waals surface area (Å²) in [5.74, 6) is 1.49. The highest BCUT2D eigenvalue weighted by atomic mass is 16.3. The minimum atomic E-state index is -0.112. The molecule has 174 valence electrons. The lowest BCUT2D eigenvalue weighted by atomic mass is 10.1. The molecule has 33 heavy (non-hydrogen) atoms. The molecule has 9 heteroatoms. The zero-order chi connectivity index (χ0) is 23.2. The lowest BCUT2D eigenvalue weighted by Crippen LogP contribution is -2.34. The monoisotopic (exact) mass is 450 g/mol. The highest BCUT2D eigenvalue weighted by Gasteiger charge is 2.26. The van der Waals surface area contributed by atoms with Gasteiger partial charge in [0.1, 0.15) is 12.3 Å². The van der Waals surface area contributed by atoms with E-state index in [4.69, 9.17) is 4.42 Å². The molecule has 0 bridgehead atoms. The smallest absolute Gasteiger partial charge is 0.252 e. The van der Waals surface area contributed by atoms with Crippen LogP contribution < -0.4 is 5.56 Å². The van der Waals surface area contributed by atoms with Crippen LogP contribution in [-0.2, 0) is 13.1 Å². The molecule has 0 amide bonds. The molecule has 0 fully saturated rings. The van der Waals surface area contributed by atoms with Gasteiger partial charge >= 0.3 is 0 Å². The normalized spacial score (nSPS) is 12.6. The highest BCUT2D eigenvalue weighted by molar-refractivity contribution is 5.79. The topological polar surface area (TPSA) is 113 Å². The molecule has 0 unspecified atom stereocenters. The van der Waals surface area contributed by atoms with Crippen LogP contribution in [0, 0.1) is 6.92 Å². The van der Waals surface area contributed by atoms with Crippen molar-refractivity contribution in [2.24, 2.45) is 0 Å². The van der Waals surface area contributed by atoms with Crippen molar-refractivity contribution in [1.29, 1.82) is 0 Å². The van der Waals surface area contributed by atoms with Crippen LogP contribution in [0.2, 0.25) is 0 Å². The fraction of sp³-hybridized carbons (Fsp3) is 0.417. The Morgan fingerprint density at radius 1 is 1.27 bits per heavy atom. The average Bonchev–Trinajstić information content (AvgIpc) is 3.48. The Morgan fingerprint density at radius 3 is 2.91 bits per heavy atom. The summed E-state index contributed by atoms with van der Waals surface area (Å²) in [4.78, 5) is 18.1. The minimum Gasteiger partial charge on any atom is -0.467 e. The van der Waals surface area contributed by atoms with E-state index in [1.54, 1.807) is 10.9 Å². The maximum absolute atomic E-state index is 12.9. The van der Waals surface area contributed by atoms with E-state index >= 15 is 0 Å². The van der Waals surface area contributed by atoms with Crippen molar-refractivity contribution in [2.45, 2.75) is 52.2 Å². The molecule has 1 atom stereocenters. The molecule has 0 saturated heterocycles. The van der Waals surface area contributed by atoms with Gasteiger partial charge in [0.05, 0.1) is 12.3 Å². The molecule has 0 aliphatic rings. The number of aromatic nitrogens is 5. The molecule has 2 N–H and O–H groups in total. The van der Waals surface area contributed by atoms with Gasteiger partial charge in [-0.05, 0) is 65.9 Å². The van der Waals surface area contributed by atoms with Crippen molar-refractivity contribution >= 4 is 10.9 Å². The zero-order valence-corrected chi connectivity index (χ0v) is 19.1. The van der Waals surface area contributed by atoms with Crippen molar-refractivity contribution in [1.82, 2.24) is 30.1 Å². The number of hydrogen-bond donors (Lipinski definition) is 2. The maximum atomic E-state index is 12.9. The summed E-state index contributed by atoms with van der Waals surface area (Å²) in [7, 11) is 0. The van der Waals surface area contributed by atoms with Crippen LogP contribution in [0.3, 0.4) is 0 Å². The first-order chi connectivity index (χ1) is 16.1. The van der Waals surface area contributed by atoms with E-state index in [-0.39, 0.29) is 18.2 Å². The van der Waals surface area contributed by atoms with E-state index in [0.717, 1.165) is 40.9 Å². The van der Waals surface area contributed by atoms with Crippen LogP contribution in [0.25, 0.3) is 10.9 Å². The summed E-state index contributed by atoms with van der Waals surface area (Å²) in [5.41, 5.74) is 2.53. The number of rotatable bonds is 11. The summed E-state index contributed by atoms with van der Waals surface area (Å²) < 4.78 is 7.23. The third kappa shape index (κ3) is 5.37. The van der Waals surface area contributed by atoms with Crippen LogP contribution in [0.1, 0.15) is 54.9 Å². The van der Waals surface area contributed by atoms with Gasteiger partial charge in [0.2, 0.25) is 0 Å². The summed E-state index contributed by atoms with van der Waals surface area (Å²) >= 11 is 0. The molecular weight excluding hydrogens is 420 g/mol. The Kier molecular flexibility index (Phi) is 7.31. The first-order valence-electron chi connectivity index (χ1n) is 11.3. The number of aliphatic hydroxyl groups excluding tert-OH is 1. The minimum absolute atomic E-state index is 0.0694. The number of fused-ring (bicyclic) bond motifs is 1. The maximum Gasteiger partial charge on any atom is 0.252 e. The molecule has 0 aliphatic heterocycles. The summed E-state index contributed by atoms with van der Waals surface area (Å²) in [6.07, 6.45) is 3.95. The highest BCUT2D eigenvalue weighted by Crippen LogP contribution is 2.26. The van der Waals surface area contributed by atoms with Crippen molar-refractivity contribution in [3.05, 3.63) is 75.7 Å². The quantitative estimate of drug-likeness (QED) is 0.361. The van der Waals surface area contributed by atoms with Gasteiger partial charge in [0, 0.05) is 30.8 Å². The summed E-state index contributed by atoms with van der Waals surface area (Å²) in [6, 6.07) is 11.6. The lowest BCUT2D eigenvalue weighted by Gasteiger charge is -2.30. The van der Waals surface area contributed by atoms with Gasteiger partial charge in [0.15, 0.2) is 5.82 Å². The number of benzene rings is 1. The van der Waals surface area contributed by atoms with Gasteiger partial charge in [-0.3, -0.25) is 9.69 Å². The number of nitrogens with one attached hydrogen (secondary N) is 1. The van der Waals surface area contributed by atoms with Gasteiger partial charge in [0.25, 0.3) is 5.56 Å². The standard InChI is InChI=1S/C24H30N6O3/c1-3-6-22(23-26-27-28-30(23)16-20-7-4-12-33-20)29(10-5-11-31)15-19-14-18-13-17(2)8-9-21(18)25-24(19)32/h4,7-9,12-14,22,31H,3,5-6,10-11,15-16H2,1-2H3,(H,25,32)/t22-/m1/s1. The van der Waals surface area contributed by atoms with Crippen molar-refractivity contribution in [3.8, 4) is 0 Å². The van der Waals surface area contributed by atoms with Gasteiger partial charge in [-0.15, -0.1) is 5.10 Å². The molecule has 1 aromatic carbocycles. The Balaban J connectivity index is 1.68.